The number of carbonyl (C=O) groups excluding carboxylic acids is 2. The van der Waals surface area contributed by atoms with Gasteiger partial charge in [0.2, 0.25) is 0 Å². The third kappa shape index (κ3) is 5.36. The third-order valence-corrected chi connectivity index (χ3v) is 3.15. The second-order valence-electron chi connectivity index (χ2n) is 5.85. The van der Waals surface area contributed by atoms with Crippen LogP contribution in [0.4, 0.5) is 0 Å². The van der Waals surface area contributed by atoms with Crippen LogP contribution >= 0.6 is 0 Å². The Hall–Kier alpha value is -2.43. The molecule has 1 N–H and O–H groups in total. The van der Waals surface area contributed by atoms with E-state index in [9.17, 15) is 19.5 Å². The zero-order valence-corrected chi connectivity index (χ0v) is 13.8. The van der Waals surface area contributed by atoms with Crippen LogP contribution in [-0.2, 0) is 19.1 Å². The fraction of sp³-hybridized carbons (Fsp3) is 0.389. The van der Waals surface area contributed by atoms with Crippen molar-refractivity contribution < 1.29 is 24.2 Å². The number of aliphatic carboxylic acids is 1. The molecule has 1 rings (SSSR count). The Morgan fingerprint density at radius 3 is 2.04 bits per heavy atom. The smallest absolute Gasteiger partial charge is 0.342 e. The Morgan fingerprint density at radius 2 is 1.61 bits per heavy atom. The zero-order chi connectivity index (χ0) is 17.6. The number of carbonyl (C=O) groups is 3. The maximum Gasteiger partial charge on any atom is 0.342 e. The predicted octanol–water partition coefficient (Wildman–Crippen LogP) is 2.95. The maximum absolute atomic E-state index is 12.6. The molecule has 0 radical (unpaired) electrons. The van der Waals surface area contributed by atoms with Crippen molar-refractivity contribution in [1.82, 2.24) is 0 Å². The molecular formula is C18H22O5. The van der Waals surface area contributed by atoms with Crippen LogP contribution < -0.4 is 0 Å². The second-order valence-corrected chi connectivity index (χ2v) is 5.85. The van der Waals surface area contributed by atoms with Gasteiger partial charge in [-0.15, -0.1) is 0 Å². The summed E-state index contributed by atoms with van der Waals surface area (Å²) in [6.45, 7) is 6.59. The number of rotatable bonds is 7. The van der Waals surface area contributed by atoms with E-state index >= 15 is 0 Å². The van der Waals surface area contributed by atoms with Crippen LogP contribution in [0.2, 0.25) is 0 Å². The zero-order valence-electron chi connectivity index (χ0n) is 13.8. The Balaban J connectivity index is 3.28. The van der Waals surface area contributed by atoms with Gasteiger partial charge in [-0.2, -0.15) is 0 Å². The largest absolute Gasteiger partial charge is 0.481 e. The van der Waals surface area contributed by atoms with E-state index in [1.165, 1.54) is 6.08 Å². The fourth-order valence-electron chi connectivity index (χ4n) is 2.09. The van der Waals surface area contributed by atoms with Crippen molar-refractivity contribution in [1.29, 1.82) is 0 Å². The Bertz CT molecular complexity index is 599. The first kappa shape index (κ1) is 18.6. The van der Waals surface area contributed by atoms with E-state index in [2.05, 4.69) is 0 Å². The van der Waals surface area contributed by atoms with E-state index < -0.39 is 35.7 Å². The molecule has 0 aromatic heterocycles. The molecule has 0 bridgehead atoms. The highest BCUT2D eigenvalue weighted by Gasteiger charge is 2.35. The first-order chi connectivity index (χ1) is 10.7. The van der Waals surface area contributed by atoms with Gasteiger partial charge < -0.3 is 9.84 Å². The van der Waals surface area contributed by atoms with Gasteiger partial charge in [0.25, 0.3) is 0 Å². The minimum absolute atomic E-state index is 0.244. The number of esters is 1. The number of ketones is 1. The molecule has 0 saturated carbocycles. The summed E-state index contributed by atoms with van der Waals surface area (Å²) in [7, 11) is 0. The third-order valence-electron chi connectivity index (χ3n) is 3.15. The lowest BCUT2D eigenvalue weighted by atomic mass is 9.87. The molecule has 0 amide bonds. The van der Waals surface area contributed by atoms with Gasteiger partial charge in [0, 0.05) is 0 Å². The van der Waals surface area contributed by atoms with E-state index in [-0.39, 0.29) is 5.57 Å². The molecule has 0 aliphatic heterocycles. The van der Waals surface area contributed by atoms with Crippen molar-refractivity contribution in [3.05, 3.63) is 41.5 Å². The minimum Gasteiger partial charge on any atom is -0.481 e. The van der Waals surface area contributed by atoms with Gasteiger partial charge in [-0.05, 0) is 31.4 Å². The molecule has 23 heavy (non-hydrogen) atoms. The quantitative estimate of drug-likeness (QED) is 0.362. The van der Waals surface area contributed by atoms with Crippen LogP contribution in [0.15, 0.2) is 35.9 Å². The van der Waals surface area contributed by atoms with E-state index in [0.717, 1.165) is 0 Å². The summed E-state index contributed by atoms with van der Waals surface area (Å²) < 4.78 is 5.09. The number of carboxylic acids is 1. The molecule has 0 saturated heterocycles. The molecule has 0 aliphatic rings. The number of hydrogen-bond donors (Lipinski definition) is 1. The second kappa shape index (κ2) is 8.27. The number of benzene rings is 1. The number of ether oxygens (including phenoxy) is 1. The molecule has 0 fully saturated rings. The van der Waals surface area contributed by atoms with Gasteiger partial charge in [-0.1, -0.05) is 44.2 Å². The summed E-state index contributed by atoms with van der Waals surface area (Å²) in [4.78, 5) is 36.2. The number of carboxylic acid groups (broad SMARTS) is 1. The first-order valence-corrected chi connectivity index (χ1v) is 7.48. The first-order valence-electron chi connectivity index (χ1n) is 7.48. The van der Waals surface area contributed by atoms with Crippen molar-refractivity contribution in [2.45, 2.75) is 33.8 Å². The van der Waals surface area contributed by atoms with Gasteiger partial charge >= 0.3 is 11.9 Å². The number of Topliss-reactive ketones (excluding diaryl/α,β-unsaturated/α-hetero) is 1. The van der Waals surface area contributed by atoms with Crippen molar-refractivity contribution >= 4 is 23.8 Å². The van der Waals surface area contributed by atoms with Crippen LogP contribution in [0.25, 0.3) is 6.08 Å². The van der Waals surface area contributed by atoms with Crippen molar-refractivity contribution in [3.8, 4) is 0 Å². The highest BCUT2D eigenvalue weighted by Crippen LogP contribution is 2.20. The molecule has 1 aromatic rings. The summed E-state index contributed by atoms with van der Waals surface area (Å²) in [5.74, 6) is -4.51. The highest BCUT2D eigenvalue weighted by atomic mass is 16.5. The molecule has 0 heterocycles. The summed E-state index contributed by atoms with van der Waals surface area (Å²) in [6, 6.07) is 8.78. The molecule has 124 valence electrons. The predicted molar refractivity (Wildman–Crippen MR) is 86.6 cm³/mol. The van der Waals surface area contributed by atoms with Crippen molar-refractivity contribution in [3.63, 3.8) is 0 Å². The van der Waals surface area contributed by atoms with Crippen molar-refractivity contribution in [2.75, 3.05) is 0 Å². The summed E-state index contributed by atoms with van der Waals surface area (Å²) in [6.07, 6.45) is 0.975. The average molecular weight is 318 g/mol. The van der Waals surface area contributed by atoms with E-state index in [0.29, 0.717) is 5.56 Å². The molecule has 5 nitrogen and oxygen atoms in total. The maximum atomic E-state index is 12.6. The number of hydrogen-bond acceptors (Lipinski definition) is 4. The van der Waals surface area contributed by atoms with Crippen molar-refractivity contribution in [2.24, 2.45) is 11.8 Å². The van der Waals surface area contributed by atoms with Gasteiger partial charge in [-0.3, -0.25) is 9.59 Å². The lowest BCUT2D eigenvalue weighted by molar-refractivity contribution is -0.148. The van der Waals surface area contributed by atoms with Crippen LogP contribution in [0.3, 0.4) is 0 Å². The SMILES string of the molecule is CC(C)OC(=O)C(=Cc1ccccc1)C(=O)C(C(=O)O)C(C)C. The van der Waals surface area contributed by atoms with Gasteiger partial charge in [0.15, 0.2) is 5.78 Å². The summed E-state index contributed by atoms with van der Waals surface area (Å²) in [5, 5.41) is 9.29. The lowest BCUT2D eigenvalue weighted by Gasteiger charge is -2.17. The average Bonchev–Trinajstić information content (AvgIpc) is 2.44. The molecule has 1 unspecified atom stereocenters. The standard InChI is InChI=1S/C18H22O5/c1-11(2)15(17(20)21)16(19)14(18(22)23-12(3)4)10-13-8-6-5-7-9-13/h5-12,15H,1-4H3,(H,20,21). The monoisotopic (exact) mass is 318 g/mol. The van der Waals surface area contributed by atoms with Crippen LogP contribution in [0.5, 0.6) is 0 Å². The van der Waals surface area contributed by atoms with Gasteiger partial charge in [-0.25, -0.2) is 4.79 Å². The van der Waals surface area contributed by atoms with Crippen LogP contribution in [0.1, 0.15) is 33.3 Å². The lowest BCUT2D eigenvalue weighted by Crippen LogP contribution is -2.33. The molecule has 1 atom stereocenters. The molecule has 5 heteroatoms. The molecule has 0 aliphatic carbocycles. The minimum atomic E-state index is -1.29. The molecular weight excluding hydrogens is 296 g/mol. The molecule has 0 spiro atoms. The fourth-order valence-corrected chi connectivity index (χ4v) is 2.09. The Labute approximate surface area is 136 Å². The van der Waals surface area contributed by atoms with E-state index in [1.54, 1.807) is 58.0 Å². The topological polar surface area (TPSA) is 80.7 Å². The van der Waals surface area contributed by atoms with E-state index in [1.807, 2.05) is 0 Å². The summed E-state index contributed by atoms with van der Waals surface area (Å²) in [5.41, 5.74) is 0.385. The highest BCUT2D eigenvalue weighted by molar-refractivity contribution is 6.25. The van der Waals surface area contributed by atoms with Gasteiger partial charge in [0.05, 0.1) is 6.10 Å². The van der Waals surface area contributed by atoms with Crippen LogP contribution in [0, 0.1) is 11.8 Å². The van der Waals surface area contributed by atoms with Crippen LogP contribution in [-0.4, -0.2) is 28.9 Å². The Kier molecular flexibility index (Phi) is 6.69. The normalized spacial score (nSPS) is 13.0. The summed E-state index contributed by atoms with van der Waals surface area (Å²) >= 11 is 0. The Morgan fingerprint density at radius 1 is 1.04 bits per heavy atom. The molecule has 1 aromatic carbocycles. The van der Waals surface area contributed by atoms with E-state index in [4.69, 9.17) is 4.74 Å². The van der Waals surface area contributed by atoms with Gasteiger partial charge in [0.1, 0.15) is 11.5 Å².